The van der Waals surface area contributed by atoms with E-state index in [-0.39, 0.29) is 0 Å². The van der Waals surface area contributed by atoms with Gasteiger partial charge in [-0.05, 0) is 49.4 Å². The molecule has 1 aliphatic carbocycles. The summed E-state index contributed by atoms with van der Waals surface area (Å²) < 4.78 is 11.1. The molecule has 0 spiro atoms. The van der Waals surface area contributed by atoms with Crippen LogP contribution in [-0.2, 0) is 6.42 Å². The first-order valence-corrected chi connectivity index (χ1v) is 6.84. The van der Waals surface area contributed by atoms with Crippen molar-refractivity contribution in [3.05, 3.63) is 23.8 Å². The van der Waals surface area contributed by atoms with Gasteiger partial charge in [0, 0.05) is 6.54 Å². The monoisotopic (exact) mass is 249 g/mol. The van der Waals surface area contributed by atoms with Crippen LogP contribution >= 0.6 is 0 Å². The van der Waals surface area contributed by atoms with Crippen LogP contribution in [0.5, 0.6) is 11.5 Å². The van der Waals surface area contributed by atoms with E-state index in [0.29, 0.717) is 6.61 Å². The lowest BCUT2D eigenvalue weighted by Gasteiger charge is -2.12. The minimum absolute atomic E-state index is 0.689. The van der Waals surface area contributed by atoms with Gasteiger partial charge in [0.05, 0.1) is 7.11 Å². The Morgan fingerprint density at radius 2 is 2.11 bits per heavy atom. The lowest BCUT2D eigenvalue weighted by Crippen LogP contribution is -2.23. The van der Waals surface area contributed by atoms with Crippen LogP contribution in [-0.4, -0.2) is 26.8 Å². The summed E-state index contributed by atoms with van der Waals surface area (Å²) in [5, 5.41) is 3.41. The van der Waals surface area contributed by atoms with E-state index < -0.39 is 0 Å². The number of ether oxygens (including phenoxy) is 2. The van der Waals surface area contributed by atoms with Crippen LogP contribution in [0.25, 0.3) is 0 Å². The van der Waals surface area contributed by atoms with E-state index in [2.05, 4.69) is 18.3 Å². The molecule has 0 bridgehead atoms. The Morgan fingerprint density at radius 1 is 1.28 bits per heavy atom. The molecule has 0 aromatic heterocycles. The van der Waals surface area contributed by atoms with E-state index in [0.717, 1.165) is 36.9 Å². The molecule has 1 aromatic carbocycles. The molecule has 1 aliphatic rings. The predicted molar refractivity (Wildman–Crippen MR) is 73.5 cm³/mol. The molecule has 0 heterocycles. The number of nitrogens with one attached hydrogen (secondary N) is 1. The third-order valence-electron chi connectivity index (χ3n) is 3.30. The lowest BCUT2D eigenvalue weighted by molar-refractivity contribution is 0.291. The molecule has 0 radical (unpaired) electrons. The second-order valence-electron chi connectivity index (χ2n) is 4.83. The minimum Gasteiger partial charge on any atom is -0.493 e. The Balaban J connectivity index is 1.76. The Hall–Kier alpha value is -1.22. The summed E-state index contributed by atoms with van der Waals surface area (Å²) in [6.45, 7) is 4.86. The van der Waals surface area contributed by atoms with Crippen molar-refractivity contribution in [1.82, 2.24) is 5.32 Å². The molecular formula is C15H23NO2. The maximum Gasteiger partial charge on any atom is 0.161 e. The van der Waals surface area contributed by atoms with Crippen molar-refractivity contribution in [2.24, 2.45) is 5.92 Å². The van der Waals surface area contributed by atoms with Gasteiger partial charge in [0.25, 0.3) is 0 Å². The van der Waals surface area contributed by atoms with Crippen molar-refractivity contribution < 1.29 is 9.47 Å². The first-order valence-electron chi connectivity index (χ1n) is 6.84. The summed E-state index contributed by atoms with van der Waals surface area (Å²) in [6.07, 6.45) is 3.79. The molecule has 0 amide bonds. The highest BCUT2D eigenvalue weighted by Gasteiger charge is 2.19. The molecule has 1 N–H and O–H groups in total. The van der Waals surface area contributed by atoms with Crippen LogP contribution in [0.1, 0.15) is 25.3 Å². The second-order valence-corrected chi connectivity index (χ2v) is 4.83. The van der Waals surface area contributed by atoms with Gasteiger partial charge in [0.1, 0.15) is 6.61 Å². The summed E-state index contributed by atoms with van der Waals surface area (Å²) in [5.74, 6) is 2.59. The third-order valence-corrected chi connectivity index (χ3v) is 3.30. The van der Waals surface area contributed by atoms with Crippen molar-refractivity contribution in [2.45, 2.75) is 26.2 Å². The van der Waals surface area contributed by atoms with Crippen molar-refractivity contribution in [1.29, 1.82) is 0 Å². The predicted octanol–water partition coefficient (Wildman–Crippen LogP) is 2.64. The minimum atomic E-state index is 0.689. The highest BCUT2D eigenvalue weighted by molar-refractivity contribution is 5.42. The van der Waals surface area contributed by atoms with E-state index in [4.69, 9.17) is 9.47 Å². The van der Waals surface area contributed by atoms with Crippen molar-refractivity contribution in [3.8, 4) is 11.5 Å². The van der Waals surface area contributed by atoms with Gasteiger partial charge < -0.3 is 14.8 Å². The van der Waals surface area contributed by atoms with Crippen LogP contribution in [0.4, 0.5) is 0 Å². The van der Waals surface area contributed by atoms with E-state index in [1.807, 2.05) is 12.1 Å². The van der Waals surface area contributed by atoms with Crippen molar-refractivity contribution in [2.75, 3.05) is 26.8 Å². The maximum absolute atomic E-state index is 5.74. The summed E-state index contributed by atoms with van der Waals surface area (Å²) in [4.78, 5) is 0. The van der Waals surface area contributed by atoms with E-state index in [1.165, 1.54) is 18.4 Å². The van der Waals surface area contributed by atoms with Crippen LogP contribution in [0, 0.1) is 5.92 Å². The molecule has 3 heteroatoms. The molecule has 100 valence electrons. The third kappa shape index (κ3) is 3.91. The van der Waals surface area contributed by atoms with E-state index >= 15 is 0 Å². The molecule has 1 fully saturated rings. The van der Waals surface area contributed by atoms with Gasteiger partial charge in [-0.15, -0.1) is 0 Å². The number of hydrogen-bond acceptors (Lipinski definition) is 3. The van der Waals surface area contributed by atoms with Gasteiger partial charge in [-0.25, -0.2) is 0 Å². The first-order chi connectivity index (χ1) is 8.83. The van der Waals surface area contributed by atoms with Crippen LogP contribution in [0.15, 0.2) is 18.2 Å². The molecular weight excluding hydrogens is 226 g/mol. The van der Waals surface area contributed by atoms with Gasteiger partial charge in [0.15, 0.2) is 11.5 Å². The lowest BCUT2D eigenvalue weighted by atomic mass is 10.1. The summed E-state index contributed by atoms with van der Waals surface area (Å²) in [5.41, 5.74) is 1.27. The fraction of sp³-hybridized carbons (Fsp3) is 0.600. The average Bonchev–Trinajstić information content (AvgIpc) is 3.22. The fourth-order valence-electron chi connectivity index (χ4n) is 1.91. The second kappa shape index (κ2) is 6.64. The Labute approximate surface area is 109 Å². The van der Waals surface area contributed by atoms with Crippen molar-refractivity contribution in [3.63, 3.8) is 0 Å². The number of rotatable bonds is 8. The molecule has 0 aliphatic heterocycles. The molecule has 0 atom stereocenters. The summed E-state index contributed by atoms with van der Waals surface area (Å²) in [6, 6.07) is 6.14. The summed E-state index contributed by atoms with van der Waals surface area (Å²) >= 11 is 0. The highest BCUT2D eigenvalue weighted by Crippen LogP contribution is 2.28. The highest BCUT2D eigenvalue weighted by atomic mass is 16.5. The number of benzene rings is 1. The Kier molecular flexibility index (Phi) is 4.88. The zero-order valence-corrected chi connectivity index (χ0v) is 11.4. The van der Waals surface area contributed by atoms with E-state index in [1.54, 1.807) is 7.11 Å². The summed E-state index contributed by atoms with van der Waals surface area (Å²) in [7, 11) is 1.69. The molecule has 1 aromatic rings. The van der Waals surface area contributed by atoms with Gasteiger partial charge in [-0.1, -0.05) is 13.0 Å². The SMILES string of the molecule is CCc1ccc(OCCNCC2CC2)c(OC)c1. The number of hydrogen-bond donors (Lipinski definition) is 1. The average molecular weight is 249 g/mol. The van der Waals surface area contributed by atoms with Gasteiger partial charge in [-0.2, -0.15) is 0 Å². The number of methoxy groups -OCH3 is 1. The van der Waals surface area contributed by atoms with Crippen LogP contribution < -0.4 is 14.8 Å². The van der Waals surface area contributed by atoms with E-state index in [9.17, 15) is 0 Å². The number of aryl methyl sites for hydroxylation is 1. The molecule has 1 saturated carbocycles. The first kappa shape index (κ1) is 13.2. The largest absolute Gasteiger partial charge is 0.493 e. The van der Waals surface area contributed by atoms with Crippen molar-refractivity contribution >= 4 is 0 Å². The Bertz CT molecular complexity index is 375. The molecule has 2 rings (SSSR count). The normalized spacial score (nSPS) is 14.6. The topological polar surface area (TPSA) is 30.5 Å². The zero-order valence-electron chi connectivity index (χ0n) is 11.4. The Morgan fingerprint density at radius 3 is 2.78 bits per heavy atom. The maximum atomic E-state index is 5.74. The zero-order chi connectivity index (χ0) is 12.8. The molecule has 3 nitrogen and oxygen atoms in total. The van der Waals surface area contributed by atoms with Gasteiger partial charge >= 0.3 is 0 Å². The fourth-order valence-corrected chi connectivity index (χ4v) is 1.91. The van der Waals surface area contributed by atoms with Crippen LogP contribution in [0.2, 0.25) is 0 Å². The quantitative estimate of drug-likeness (QED) is 0.718. The molecule has 0 unspecified atom stereocenters. The molecule has 18 heavy (non-hydrogen) atoms. The standard InChI is InChI=1S/C15H23NO2/c1-3-12-6-7-14(15(10-12)17-2)18-9-8-16-11-13-4-5-13/h6-7,10,13,16H,3-5,8-9,11H2,1-2H3. The smallest absolute Gasteiger partial charge is 0.161 e. The van der Waals surface area contributed by atoms with Crippen LogP contribution in [0.3, 0.4) is 0 Å². The van der Waals surface area contributed by atoms with Gasteiger partial charge in [-0.3, -0.25) is 0 Å². The van der Waals surface area contributed by atoms with Gasteiger partial charge in [0.2, 0.25) is 0 Å². The molecule has 0 saturated heterocycles.